The second-order valence-corrected chi connectivity index (χ2v) is 13.9. The van der Waals surface area contributed by atoms with E-state index >= 15 is 0 Å². The molecule has 1 aliphatic carbocycles. The lowest BCUT2D eigenvalue weighted by Crippen LogP contribution is -2.56. The van der Waals surface area contributed by atoms with E-state index in [0.717, 1.165) is 0 Å². The number of carboxylic acids is 1. The third-order valence-electron chi connectivity index (χ3n) is 7.27. The quantitative estimate of drug-likeness (QED) is 0.0639. The maximum absolute atomic E-state index is 13.1. The molecule has 0 bridgehead atoms. The van der Waals surface area contributed by atoms with Gasteiger partial charge in [0.05, 0.1) is 0 Å². The van der Waals surface area contributed by atoms with Crippen LogP contribution in [0.2, 0.25) is 0 Å². The average molecular weight is 700 g/mol. The van der Waals surface area contributed by atoms with Crippen LogP contribution in [0.1, 0.15) is 91.2 Å². The number of anilines is 1. The Hall–Kier alpha value is -5.21. The summed E-state index contributed by atoms with van der Waals surface area (Å²) in [4.78, 5) is 86.3. The van der Waals surface area contributed by atoms with Crippen LogP contribution in [0.15, 0.2) is 30.4 Å². The molecular weight excluding hydrogens is 650 g/mol. The van der Waals surface area contributed by atoms with E-state index in [0.29, 0.717) is 23.2 Å². The number of primary amides is 1. The summed E-state index contributed by atoms with van der Waals surface area (Å²) in [5, 5.41) is 19.9. The molecule has 0 saturated heterocycles. The molecule has 1 aliphatic rings. The third kappa shape index (κ3) is 14.1. The Morgan fingerprint density at radius 2 is 1.50 bits per heavy atom. The normalized spacial score (nSPS) is 14.6. The van der Waals surface area contributed by atoms with E-state index in [-0.39, 0.29) is 45.2 Å². The zero-order valence-electron chi connectivity index (χ0n) is 29.5. The summed E-state index contributed by atoms with van der Waals surface area (Å²) < 4.78 is 10.6. The molecule has 1 fully saturated rings. The van der Waals surface area contributed by atoms with Gasteiger partial charge >= 0.3 is 23.9 Å². The Morgan fingerprint density at radius 1 is 0.900 bits per heavy atom. The first-order chi connectivity index (χ1) is 23.2. The van der Waals surface area contributed by atoms with E-state index in [1.807, 2.05) is 0 Å². The predicted molar refractivity (Wildman–Crippen MR) is 185 cm³/mol. The lowest BCUT2D eigenvalue weighted by atomic mass is 9.68. The number of benzene rings is 1. The number of nitrogens with one attached hydrogen (secondary N) is 4. The van der Waals surface area contributed by atoms with Crippen LogP contribution in [0.25, 0.3) is 12.2 Å². The molecule has 0 unspecified atom stereocenters. The highest BCUT2D eigenvalue weighted by atomic mass is 16.6. The van der Waals surface area contributed by atoms with Crippen LogP contribution in [-0.2, 0) is 38.2 Å². The van der Waals surface area contributed by atoms with Crippen molar-refractivity contribution in [1.82, 2.24) is 16.0 Å². The van der Waals surface area contributed by atoms with Crippen molar-refractivity contribution in [3.8, 4) is 0 Å². The number of carbonyl (C=O) groups is 7. The van der Waals surface area contributed by atoms with Crippen molar-refractivity contribution in [3.05, 3.63) is 41.5 Å². The molecule has 274 valence electrons. The smallest absolute Gasteiger partial charge is 0.331 e. The van der Waals surface area contributed by atoms with Crippen LogP contribution in [-0.4, -0.2) is 77.1 Å². The van der Waals surface area contributed by atoms with Gasteiger partial charge in [-0.15, -0.1) is 0 Å². The van der Waals surface area contributed by atoms with Crippen LogP contribution in [0, 0.1) is 5.41 Å². The molecule has 0 aromatic heterocycles. The molecule has 50 heavy (non-hydrogen) atoms. The lowest BCUT2D eigenvalue weighted by Gasteiger charge is -2.36. The van der Waals surface area contributed by atoms with E-state index in [1.165, 1.54) is 24.3 Å². The van der Waals surface area contributed by atoms with Crippen molar-refractivity contribution < 1.29 is 48.1 Å². The van der Waals surface area contributed by atoms with Crippen LogP contribution < -0.4 is 27.0 Å². The Labute approximate surface area is 291 Å². The third-order valence-corrected chi connectivity index (χ3v) is 7.27. The molecule has 0 spiro atoms. The minimum atomic E-state index is -1.60. The van der Waals surface area contributed by atoms with E-state index in [2.05, 4.69) is 21.3 Å². The lowest BCUT2D eigenvalue weighted by molar-refractivity contribution is -0.163. The summed E-state index contributed by atoms with van der Waals surface area (Å²) in [5.74, 6) is -4.33. The minimum Gasteiger partial charge on any atom is -0.480 e. The van der Waals surface area contributed by atoms with Gasteiger partial charge in [-0.3, -0.25) is 19.2 Å². The number of carboxylic acid groups (broad SMARTS) is 1. The number of carbonyl (C=O) groups excluding carboxylic acids is 6. The van der Waals surface area contributed by atoms with Gasteiger partial charge in [0.25, 0.3) is 0 Å². The molecule has 1 atom stereocenters. The highest BCUT2D eigenvalue weighted by Crippen LogP contribution is 2.41. The number of aliphatic carboxylic acids is 1. The summed E-state index contributed by atoms with van der Waals surface area (Å²) in [6.07, 6.45) is 6.45. The summed E-state index contributed by atoms with van der Waals surface area (Å²) in [6, 6.07) is 3.02. The van der Waals surface area contributed by atoms with Gasteiger partial charge in [0.15, 0.2) is 0 Å². The second kappa shape index (κ2) is 18.0. The van der Waals surface area contributed by atoms with E-state index in [9.17, 15) is 38.7 Å². The fourth-order valence-corrected chi connectivity index (χ4v) is 4.71. The van der Waals surface area contributed by atoms with Gasteiger partial charge in [-0.05, 0) is 96.6 Å². The van der Waals surface area contributed by atoms with Crippen LogP contribution >= 0.6 is 0 Å². The number of hydrogen-bond donors (Lipinski definition) is 6. The molecule has 1 aromatic rings. The molecule has 1 aromatic carbocycles. The van der Waals surface area contributed by atoms with Gasteiger partial charge in [-0.2, -0.15) is 0 Å². The molecule has 5 amide bonds. The number of amides is 5. The fourth-order valence-electron chi connectivity index (χ4n) is 4.71. The molecule has 0 heterocycles. The van der Waals surface area contributed by atoms with Gasteiger partial charge in [-0.25, -0.2) is 14.4 Å². The topological polar surface area (TPSA) is 232 Å². The highest BCUT2D eigenvalue weighted by Gasteiger charge is 2.51. The highest BCUT2D eigenvalue weighted by molar-refractivity contribution is 6.04. The van der Waals surface area contributed by atoms with Crippen molar-refractivity contribution in [1.29, 1.82) is 0 Å². The van der Waals surface area contributed by atoms with E-state index in [4.69, 9.17) is 15.2 Å². The van der Waals surface area contributed by atoms with Crippen LogP contribution in [0.3, 0.4) is 0 Å². The summed E-state index contributed by atoms with van der Waals surface area (Å²) >= 11 is 0. The molecular formula is C35H49N5O10. The fraction of sp³-hybridized carbons (Fsp3) is 0.514. The van der Waals surface area contributed by atoms with Crippen molar-refractivity contribution in [3.63, 3.8) is 0 Å². The Balaban J connectivity index is 2.15. The zero-order valence-corrected chi connectivity index (χ0v) is 29.5. The summed E-state index contributed by atoms with van der Waals surface area (Å²) in [6.45, 7) is 10.4. The van der Waals surface area contributed by atoms with Crippen molar-refractivity contribution in [2.75, 3.05) is 18.4 Å². The minimum absolute atomic E-state index is 0.0662. The van der Waals surface area contributed by atoms with Gasteiger partial charge in [-0.1, -0.05) is 18.6 Å². The number of hydrogen-bond acceptors (Lipinski definition) is 9. The first kappa shape index (κ1) is 41.0. The first-order valence-electron chi connectivity index (χ1n) is 16.3. The number of urea groups is 1. The maximum atomic E-state index is 13.1. The summed E-state index contributed by atoms with van der Waals surface area (Å²) in [7, 11) is 0. The van der Waals surface area contributed by atoms with Crippen LogP contribution in [0.4, 0.5) is 10.5 Å². The van der Waals surface area contributed by atoms with E-state index in [1.54, 1.807) is 59.7 Å². The summed E-state index contributed by atoms with van der Waals surface area (Å²) in [5.41, 5.74) is 3.39. The first-order valence-corrected chi connectivity index (χ1v) is 16.3. The number of nitrogens with two attached hydrogens (primary N) is 1. The molecule has 0 aliphatic heterocycles. The Bertz CT molecular complexity index is 1500. The van der Waals surface area contributed by atoms with Crippen molar-refractivity contribution in [2.24, 2.45) is 11.1 Å². The standard InChI is InChI=1S/C35H49N5O10/c1-33(2,3)49-27(42)14-11-22-10-12-23(13-15-28(43)50-34(4,5)6)25(21-22)39-26(41)16-20-37-29(44)24(9-7-19-38-32(36)48)40-30(45)35(31(46)47)17-8-18-35/h10-15,21,24H,7-9,16-20H2,1-6H3,(H,37,44)(H,39,41)(H,40,45)(H,46,47)(H3,36,38,48)/b14-11+,15-13+/t24-/m0/s1. The zero-order chi connectivity index (χ0) is 37.7. The Morgan fingerprint density at radius 3 is 2.02 bits per heavy atom. The average Bonchev–Trinajstić information content (AvgIpc) is 2.94. The van der Waals surface area contributed by atoms with E-state index < -0.39 is 64.3 Å². The molecule has 15 nitrogen and oxygen atoms in total. The maximum Gasteiger partial charge on any atom is 0.331 e. The van der Waals surface area contributed by atoms with Gasteiger partial charge in [0, 0.05) is 37.3 Å². The SMILES string of the molecule is CC(C)(C)OC(=O)/C=C/c1ccc(/C=C/C(=O)OC(C)(C)C)c(NC(=O)CCNC(=O)[C@H](CCCNC(N)=O)NC(=O)C2(C(=O)O)CCC2)c1. The second-order valence-electron chi connectivity index (χ2n) is 13.9. The number of esters is 2. The van der Waals surface area contributed by atoms with Gasteiger partial charge in [0.2, 0.25) is 17.7 Å². The van der Waals surface area contributed by atoms with Gasteiger partial charge < -0.3 is 41.6 Å². The number of rotatable bonds is 16. The molecule has 1 saturated carbocycles. The van der Waals surface area contributed by atoms with Crippen molar-refractivity contribution in [2.45, 2.75) is 97.3 Å². The number of ether oxygens (including phenoxy) is 2. The largest absolute Gasteiger partial charge is 0.480 e. The van der Waals surface area contributed by atoms with Crippen LogP contribution in [0.5, 0.6) is 0 Å². The van der Waals surface area contributed by atoms with Crippen molar-refractivity contribution >= 4 is 59.5 Å². The molecule has 2 rings (SSSR count). The molecule has 15 heteroatoms. The van der Waals surface area contributed by atoms with Gasteiger partial charge in [0.1, 0.15) is 22.7 Å². The molecule has 0 radical (unpaired) electrons. The molecule has 7 N–H and O–H groups in total. The predicted octanol–water partition coefficient (Wildman–Crippen LogP) is 3.03. The monoisotopic (exact) mass is 699 g/mol. The Kier molecular flexibility index (Phi) is 14.7.